The number of carboxylic acids is 1. The first-order valence-corrected chi connectivity index (χ1v) is 6.17. The van der Waals surface area contributed by atoms with Gasteiger partial charge in [0.1, 0.15) is 0 Å². The fraction of sp³-hybridized carbons (Fsp3) is 0.583. The standard InChI is InChI=1S/C12H19NO2S/c1-8-5-6-10(16-8)9(2)13-7-12(3,4)11(14)15/h5-6,9,13H,7H2,1-4H3,(H,14,15). The van der Waals surface area contributed by atoms with E-state index < -0.39 is 11.4 Å². The number of rotatable bonds is 5. The second-order valence-corrected chi connectivity index (χ2v) is 6.06. The molecule has 4 heteroatoms. The predicted octanol–water partition coefficient (Wildman–Crippen LogP) is 2.82. The zero-order valence-corrected chi connectivity index (χ0v) is 11.0. The molecule has 1 heterocycles. The van der Waals surface area contributed by atoms with Crippen LogP contribution in [0.1, 0.15) is 36.6 Å². The summed E-state index contributed by atoms with van der Waals surface area (Å²) in [5.41, 5.74) is -0.722. The number of aryl methyl sites for hydroxylation is 1. The largest absolute Gasteiger partial charge is 0.481 e. The van der Waals surface area contributed by atoms with E-state index in [1.807, 2.05) is 0 Å². The molecule has 0 amide bonds. The molecule has 0 saturated carbocycles. The number of aliphatic carboxylic acids is 1. The molecule has 0 aliphatic carbocycles. The summed E-state index contributed by atoms with van der Waals surface area (Å²) in [7, 11) is 0. The van der Waals surface area contributed by atoms with E-state index in [0.29, 0.717) is 6.54 Å². The number of carboxylic acid groups (broad SMARTS) is 1. The molecule has 1 aromatic rings. The highest BCUT2D eigenvalue weighted by Crippen LogP contribution is 2.23. The summed E-state index contributed by atoms with van der Waals surface area (Å²) < 4.78 is 0. The summed E-state index contributed by atoms with van der Waals surface area (Å²) in [5.74, 6) is -0.769. The lowest BCUT2D eigenvalue weighted by Gasteiger charge is -2.22. The quantitative estimate of drug-likeness (QED) is 0.833. The molecule has 0 saturated heterocycles. The minimum Gasteiger partial charge on any atom is -0.481 e. The highest BCUT2D eigenvalue weighted by molar-refractivity contribution is 7.12. The Morgan fingerprint density at radius 1 is 1.56 bits per heavy atom. The van der Waals surface area contributed by atoms with Gasteiger partial charge in [0.15, 0.2) is 0 Å². The molecular formula is C12H19NO2S. The first kappa shape index (κ1) is 13.2. The van der Waals surface area contributed by atoms with Crippen LogP contribution in [0.2, 0.25) is 0 Å². The van der Waals surface area contributed by atoms with E-state index in [2.05, 4.69) is 31.3 Å². The van der Waals surface area contributed by atoms with Crippen molar-refractivity contribution in [1.82, 2.24) is 5.32 Å². The number of hydrogen-bond donors (Lipinski definition) is 2. The lowest BCUT2D eigenvalue weighted by atomic mass is 9.93. The minimum absolute atomic E-state index is 0.206. The van der Waals surface area contributed by atoms with Crippen LogP contribution in [0.25, 0.3) is 0 Å². The molecule has 0 aromatic carbocycles. The van der Waals surface area contributed by atoms with Gasteiger partial charge in [-0.1, -0.05) is 0 Å². The Labute approximate surface area is 100 Å². The van der Waals surface area contributed by atoms with Crippen molar-refractivity contribution in [3.63, 3.8) is 0 Å². The van der Waals surface area contributed by atoms with Crippen LogP contribution in [-0.4, -0.2) is 17.6 Å². The molecule has 1 aromatic heterocycles. The van der Waals surface area contributed by atoms with Gasteiger partial charge in [-0.15, -0.1) is 11.3 Å². The van der Waals surface area contributed by atoms with Gasteiger partial charge >= 0.3 is 5.97 Å². The van der Waals surface area contributed by atoms with E-state index in [0.717, 1.165) is 0 Å². The molecule has 2 N–H and O–H groups in total. The van der Waals surface area contributed by atoms with Crippen molar-refractivity contribution >= 4 is 17.3 Å². The van der Waals surface area contributed by atoms with Gasteiger partial charge in [0.05, 0.1) is 5.41 Å². The predicted molar refractivity (Wildman–Crippen MR) is 66.9 cm³/mol. The molecular weight excluding hydrogens is 222 g/mol. The zero-order valence-electron chi connectivity index (χ0n) is 10.2. The van der Waals surface area contributed by atoms with Crippen molar-refractivity contribution in [2.45, 2.75) is 33.7 Å². The molecule has 0 aliphatic rings. The number of thiophene rings is 1. The van der Waals surface area contributed by atoms with Crippen molar-refractivity contribution in [2.24, 2.45) is 5.41 Å². The SMILES string of the molecule is Cc1ccc(C(C)NCC(C)(C)C(=O)O)s1. The number of carbonyl (C=O) groups is 1. The Balaban J connectivity index is 2.53. The number of hydrogen-bond acceptors (Lipinski definition) is 3. The molecule has 1 atom stereocenters. The third-order valence-electron chi connectivity index (χ3n) is 2.62. The van der Waals surface area contributed by atoms with Crippen molar-refractivity contribution in [2.75, 3.05) is 6.54 Å². The second-order valence-electron chi connectivity index (χ2n) is 4.74. The van der Waals surface area contributed by atoms with E-state index in [-0.39, 0.29) is 6.04 Å². The van der Waals surface area contributed by atoms with E-state index in [9.17, 15) is 4.79 Å². The van der Waals surface area contributed by atoms with Crippen molar-refractivity contribution in [3.05, 3.63) is 21.9 Å². The molecule has 0 aliphatic heterocycles. The lowest BCUT2D eigenvalue weighted by Crippen LogP contribution is -2.36. The normalized spacial score (nSPS) is 13.8. The monoisotopic (exact) mass is 241 g/mol. The smallest absolute Gasteiger partial charge is 0.310 e. The van der Waals surface area contributed by atoms with Crippen LogP contribution in [0.4, 0.5) is 0 Å². The summed E-state index contributed by atoms with van der Waals surface area (Å²) >= 11 is 1.74. The fourth-order valence-electron chi connectivity index (χ4n) is 1.27. The molecule has 1 unspecified atom stereocenters. The highest BCUT2D eigenvalue weighted by atomic mass is 32.1. The summed E-state index contributed by atoms with van der Waals surface area (Å²) in [6, 6.07) is 4.38. The van der Waals surface area contributed by atoms with Gasteiger partial charge in [-0.05, 0) is 39.8 Å². The maximum absolute atomic E-state index is 10.9. The minimum atomic E-state index is -0.769. The second kappa shape index (κ2) is 4.97. The van der Waals surface area contributed by atoms with Gasteiger partial charge in [0, 0.05) is 22.3 Å². The summed E-state index contributed by atoms with van der Waals surface area (Å²) in [6.45, 7) is 8.06. The van der Waals surface area contributed by atoms with Gasteiger partial charge < -0.3 is 10.4 Å². The third kappa shape index (κ3) is 3.32. The molecule has 0 bridgehead atoms. The third-order valence-corrected chi connectivity index (χ3v) is 3.80. The first-order chi connectivity index (χ1) is 7.33. The highest BCUT2D eigenvalue weighted by Gasteiger charge is 2.27. The molecule has 1 rings (SSSR count). The summed E-state index contributed by atoms with van der Waals surface area (Å²) in [4.78, 5) is 13.5. The molecule has 90 valence electrons. The maximum Gasteiger partial charge on any atom is 0.310 e. The van der Waals surface area contributed by atoms with Gasteiger partial charge in [0.2, 0.25) is 0 Å². The first-order valence-electron chi connectivity index (χ1n) is 5.36. The van der Waals surface area contributed by atoms with Gasteiger partial charge in [0.25, 0.3) is 0 Å². The number of nitrogens with one attached hydrogen (secondary N) is 1. The molecule has 0 spiro atoms. The maximum atomic E-state index is 10.9. The van der Waals surface area contributed by atoms with Crippen LogP contribution in [0.3, 0.4) is 0 Å². The Hall–Kier alpha value is -0.870. The summed E-state index contributed by atoms with van der Waals surface area (Å²) in [6.07, 6.45) is 0. The van der Waals surface area contributed by atoms with Crippen molar-refractivity contribution in [1.29, 1.82) is 0 Å². The topological polar surface area (TPSA) is 49.3 Å². The molecule has 0 fully saturated rings. The Bertz CT molecular complexity index is 371. The Kier molecular flexibility index (Phi) is 4.10. The Morgan fingerprint density at radius 2 is 2.19 bits per heavy atom. The van der Waals surface area contributed by atoms with Gasteiger partial charge in [-0.25, -0.2) is 0 Å². The van der Waals surface area contributed by atoms with Crippen LogP contribution in [-0.2, 0) is 4.79 Å². The van der Waals surface area contributed by atoms with E-state index in [1.54, 1.807) is 25.2 Å². The van der Waals surface area contributed by atoms with Crippen LogP contribution >= 0.6 is 11.3 Å². The molecule has 3 nitrogen and oxygen atoms in total. The zero-order chi connectivity index (χ0) is 12.3. The van der Waals surface area contributed by atoms with E-state index in [4.69, 9.17) is 5.11 Å². The van der Waals surface area contributed by atoms with Crippen LogP contribution in [0, 0.1) is 12.3 Å². The fourth-order valence-corrected chi connectivity index (χ4v) is 2.17. The van der Waals surface area contributed by atoms with Crippen molar-refractivity contribution in [3.8, 4) is 0 Å². The van der Waals surface area contributed by atoms with Crippen molar-refractivity contribution < 1.29 is 9.90 Å². The van der Waals surface area contributed by atoms with Crippen LogP contribution in [0.5, 0.6) is 0 Å². The Morgan fingerprint density at radius 3 is 2.62 bits per heavy atom. The van der Waals surface area contributed by atoms with E-state index in [1.165, 1.54) is 9.75 Å². The van der Waals surface area contributed by atoms with Gasteiger partial charge in [-0.2, -0.15) is 0 Å². The lowest BCUT2D eigenvalue weighted by molar-refractivity contribution is -0.146. The average Bonchev–Trinajstić information content (AvgIpc) is 2.61. The van der Waals surface area contributed by atoms with E-state index >= 15 is 0 Å². The molecule has 16 heavy (non-hydrogen) atoms. The van der Waals surface area contributed by atoms with Crippen LogP contribution < -0.4 is 5.32 Å². The van der Waals surface area contributed by atoms with Crippen LogP contribution in [0.15, 0.2) is 12.1 Å². The summed E-state index contributed by atoms with van der Waals surface area (Å²) in [5, 5.41) is 12.3. The molecule has 0 radical (unpaired) electrons. The van der Waals surface area contributed by atoms with Gasteiger partial charge in [-0.3, -0.25) is 4.79 Å². The average molecular weight is 241 g/mol.